The number of aryl methyl sites for hydroxylation is 1. The number of carbonyl (C=O) groups is 1. The quantitative estimate of drug-likeness (QED) is 0.732. The molecule has 2 N–H and O–H groups in total. The fourth-order valence-corrected chi connectivity index (χ4v) is 1.94. The first-order valence-corrected chi connectivity index (χ1v) is 6.00. The molecule has 0 saturated carbocycles. The first kappa shape index (κ1) is 11.6. The Kier molecular flexibility index (Phi) is 3.04. The van der Waals surface area contributed by atoms with E-state index in [1.807, 2.05) is 0 Å². The average molecular weight is 229 g/mol. The highest BCUT2D eigenvalue weighted by Gasteiger charge is 2.13. The van der Waals surface area contributed by atoms with Gasteiger partial charge in [0.05, 0.1) is 12.1 Å². The van der Waals surface area contributed by atoms with Crippen molar-refractivity contribution in [3.05, 3.63) is 17.7 Å². The molecule has 1 rings (SSSR count). The van der Waals surface area contributed by atoms with Crippen molar-refractivity contribution < 1.29 is 13.2 Å². The van der Waals surface area contributed by atoms with Gasteiger partial charge in [0, 0.05) is 12.5 Å². The molecule has 1 amide bonds. The molecule has 1 aromatic heterocycles. The van der Waals surface area contributed by atoms with Crippen molar-refractivity contribution in [3.63, 3.8) is 0 Å². The van der Waals surface area contributed by atoms with Gasteiger partial charge < -0.3 is 5.73 Å². The summed E-state index contributed by atoms with van der Waals surface area (Å²) in [6, 6.07) is 0. The predicted octanol–water partition coefficient (Wildman–Crippen LogP) is -0.784. The standard InChI is InChI=1S/C8H11N3O3S/c1-5-6(15(2,13)14)4-10-8(11-5)3-7(9)12/h4H,3H2,1-2H3,(H2,9,12). The van der Waals surface area contributed by atoms with Crippen LogP contribution in [-0.2, 0) is 21.1 Å². The Morgan fingerprint density at radius 3 is 2.53 bits per heavy atom. The van der Waals surface area contributed by atoms with E-state index in [0.29, 0.717) is 5.69 Å². The van der Waals surface area contributed by atoms with Crippen LogP contribution in [0.25, 0.3) is 0 Å². The van der Waals surface area contributed by atoms with Gasteiger partial charge in [0.15, 0.2) is 9.84 Å². The Balaban J connectivity index is 3.15. The normalized spacial score (nSPS) is 11.3. The van der Waals surface area contributed by atoms with E-state index in [2.05, 4.69) is 9.97 Å². The molecule has 0 bridgehead atoms. The Hall–Kier alpha value is -1.50. The van der Waals surface area contributed by atoms with Crippen LogP contribution in [0.5, 0.6) is 0 Å². The molecule has 0 aliphatic rings. The minimum atomic E-state index is -3.32. The first-order chi connectivity index (χ1) is 6.80. The van der Waals surface area contributed by atoms with Crippen LogP contribution in [0, 0.1) is 6.92 Å². The summed E-state index contributed by atoms with van der Waals surface area (Å²) in [6.45, 7) is 1.54. The maximum atomic E-state index is 11.2. The summed E-state index contributed by atoms with van der Waals surface area (Å²) in [5.41, 5.74) is 5.28. The zero-order valence-corrected chi connectivity index (χ0v) is 9.21. The molecule has 0 aliphatic carbocycles. The molecule has 82 valence electrons. The number of rotatable bonds is 3. The number of primary amides is 1. The molecular formula is C8H11N3O3S. The number of amides is 1. The van der Waals surface area contributed by atoms with Crippen molar-refractivity contribution in [3.8, 4) is 0 Å². The summed E-state index contributed by atoms with van der Waals surface area (Å²) in [4.78, 5) is 18.3. The maximum Gasteiger partial charge on any atom is 0.225 e. The maximum absolute atomic E-state index is 11.2. The van der Waals surface area contributed by atoms with Crippen molar-refractivity contribution in [1.82, 2.24) is 9.97 Å². The third-order valence-corrected chi connectivity index (χ3v) is 2.92. The van der Waals surface area contributed by atoms with Crippen molar-refractivity contribution in [2.24, 2.45) is 5.73 Å². The molecule has 0 radical (unpaired) electrons. The molecule has 0 atom stereocenters. The van der Waals surface area contributed by atoms with E-state index in [9.17, 15) is 13.2 Å². The van der Waals surface area contributed by atoms with Crippen molar-refractivity contribution in [1.29, 1.82) is 0 Å². The summed E-state index contributed by atoms with van der Waals surface area (Å²) in [7, 11) is -3.32. The number of sulfone groups is 1. The Morgan fingerprint density at radius 2 is 2.13 bits per heavy atom. The van der Waals surface area contributed by atoms with Crippen LogP contribution in [0.3, 0.4) is 0 Å². The zero-order valence-electron chi connectivity index (χ0n) is 8.39. The minimum absolute atomic E-state index is 0.0655. The molecule has 7 heteroatoms. The molecule has 1 aromatic rings. The van der Waals surface area contributed by atoms with E-state index in [1.54, 1.807) is 6.92 Å². The van der Waals surface area contributed by atoms with Gasteiger partial charge >= 0.3 is 0 Å². The second-order valence-electron chi connectivity index (χ2n) is 3.15. The van der Waals surface area contributed by atoms with Crippen molar-refractivity contribution in [2.45, 2.75) is 18.2 Å². The van der Waals surface area contributed by atoms with Crippen molar-refractivity contribution >= 4 is 15.7 Å². The van der Waals surface area contributed by atoms with Crippen LogP contribution in [0.4, 0.5) is 0 Å². The number of hydrogen-bond acceptors (Lipinski definition) is 5. The molecule has 0 unspecified atom stereocenters. The van der Waals surface area contributed by atoms with Gasteiger partial charge in [-0.1, -0.05) is 0 Å². The second kappa shape index (κ2) is 3.93. The lowest BCUT2D eigenvalue weighted by Crippen LogP contribution is -2.16. The molecule has 0 fully saturated rings. The molecule has 0 aliphatic heterocycles. The van der Waals surface area contributed by atoms with Gasteiger partial charge in [0.25, 0.3) is 0 Å². The van der Waals surface area contributed by atoms with Crippen LogP contribution in [0.2, 0.25) is 0 Å². The van der Waals surface area contributed by atoms with E-state index in [4.69, 9.17) is 5.73 Å². The lowest BCUT2D eigenvalue weighted by atomic mass is 10.3. The fraction of sp³-hybridized carbons (Fsp3) is 0.375. The van der Waals surface area contributed by atoms with E-state index >= 15 is 0 Å². The van der Waals surface area contributed by atoms with Gasteiger partial charge in [-0.05, 0) is 6.92 Å². The molecule has 15 heavy (non-hydrogen) atoms. The number of carbonyl (C=O) groups excluding carboxylic acids is 1. The van der Waals surface area contributed by atoms with Crippen LogP contribution in [0.15, 0.2) is 11.1 Å². The highest BCUT2D eigenvalue weighted by Crippen LogP contribution is 2.11. The fourth-order valence-electron chi connectivity index (χ4n) is 1.11. The van der Waals surface area contributed by atoms with Gasteiger partial charge in [-0.15, -0.1) is 0 Å². The number of nitrogens with two attached hydrogens (primary N) is 1. The van der Waals surface area contributed by atoms with Gasteiger partial charge in [0.1, 0.15) is 10.7 Å². The molecule has 0 spiro atoms. The summed E-state index contributed by atoms with van der Waals surface area (Å²) in [6.07, 6.45) is 2.17. The van der Waals surface area contributed by atoms with Crippen molar-refractivity contribution in [2.75, 3.05) is 6.26 Å². The topological polar surface area (TPSA) is 103 Å². The minimum Gasteiger partial charge on any atom is -0.369 e. The number of aromatic nitrogens is 2. The third-order valence-electron chi connectivity index (χ3n) is 1.72. The SMILES string of the molecule is Cc1nc(CC(N)=O)ncc1S(C)(=O)=O. The molecular weight excluding hydrogens is 218 g/mol. The Morgan fingerprint density at radius 1 is 1.53 bits per heavy atom. The monoisotopic (exact) mass is 229 g/mol. The zero-order chi connectivity index (χ0) is 11.6. The predicted molar refractivity (Wildman–Crippen MR) is 52.8 cm³/mol. The summed E-state index contributed by atoms with van der Waals surface area (Å²) in [5.74, 6) is -0.325. The summed E-state index contributed by atoms with van der Waals surface area (Å²) < 4.78 is 22.4. The number of hydrogen-bond donors (Lipinski definition) is 1. The number of nitrogens with zero attached hydrogens (tertiary/aromatic N) is 2. The van der Waals surface area contributed by atoms with Crippen LogP contribution >= 0.6 is 0 Å². The average Bonchev–Trinajstić information content (AvgIpc) is 1.99. The van der Waals surface area contributed by atoms with Gasteiger partial charge in [-0.25, -0.2) is 18.4 Å². The molecule has 1 heterocycles. The lowest BCUT2D eigenvalue weighted by Gasteiger charge is -2.03. The Bertz CT molecular complexity index is 496. The molecule has 0 saturated heterocycles. The largest absolute Gasteiger partial charge is 0.369 e. The van der Waals surface area contributed by atoms with E-state index in [0.717, 1.165) is 6.26 Å². The van der Waals surface area contributed by atoms with Gasteiger partial charge in [-0.2, -0.15) is 0 Å². The van der Waals surface area contributed by atoms with E-state index in [1.165, 1.54) is 6.20 Å². The highest BCUT2D eigenvalue weighted by molar-refractivity contribution is 7.90. The smallest absolute Gasteiger partial charge is 0.225 e. The van der Waals surface area contributed by atoms with Gasteiger partial charge in [-0.3, -0.25) is 4.79 Å². The summed E-state index contributed by atoms with van der Waals surface area (Å²) >= 11 is 0. The van der Waals surface area contributed by atoms with E-state index in [-0.39, 0.29) is 17.1 Å². The third kappa shape index (κ3) is 2.98. The van der Waals surface area contributed by atoms with Crippen LogP contribution in [0.1, 0.15) is 11.5 Å². The van der Waals surface area contributed by atoms with E-state index < -0.39 is 15.7 Å². The Labute approximate surface area is 87.5 Å². The van der Waals surface area contributed by atoms with Crippen LogP contribution in [-0.4, -0.2) is 30.5 Å². The molecule has 6 nitrogen and oxygen atoms in total. The van der Waals surface area contributed by atoms with Crippen LogP contribution < -0.4 is 5.73 Å². The summed E-state index contributed by atoms with van der Waals surface area (Å²) in [5, 5.41) is 0. The van der Waals surface area contributed by atoms with Gasteiger partial charge in [0.2, 0.25) is 5.91 Å². The second-order valence-corrected chi connectivity index (χ2v) is 5.14. The lowest BCUT2D eigenvalue weighted by molar-refractivity contribution is -0.117. The highest BCUT2D eigenvalue weighted by atomic mass is 32.2. The molecule has 0 aromatic carbocycles. The first-order valence-electron chi connectivity index (χ1n) is 4.11.